The van der Waals surface area contributed by atoms with Crippen molar-refractivity contribution < 1.29 is 0 Å². The lowest BCUT2D eigenvalue weighted by Crippen LogP contribution is -2.31. The number of allylic oxidation sites excluding steroid dienone is 8. The first-order valence-corrected chi connectivity index (χ1v) is 12.8. The summed E-state index contributed by atoms with van der Waals surface area (Å²) < 4.78 is 0. The highest BCUT2D eigenvalue weighted by atomic mass is 15.1. The Labute approximate surface area is 212 Å². The number of aryl methyl sites for hydroxylation is 1. The molecule has 0 aromatic heterocycles. The van der Waals surface area contributed by atoms with Crippen molar-refractivity contribution in [2.75, 3.05) is 13.1 Å². The van der Waals surface area contributed by atoms with Gasteiger partial charge in [0.2, 0.25) is 0 Å². The Hall–Kier alpha value is -3.38. The first-order chi connectivity index (χ1) is 16.9. The summed E-state index contributed by atoms with van der Waals surface area (Å²) in [5.41, 5.74) is 8.22. The molecule has 0 bridgehead atoms. The summed E-state index contributed by atoms with van der Waals surface area (Å²) in [4.78, 5) is 2.30. The number of rotatable bonds is 9. The third-order valence-corrected chi connectivity index (χ3v) is 7.43. The minimum atomic E-state index is 0.167. The van der Waals surface area contributed by atoms with Gasteiger partial charge in [-0.2, -0.15) is 5.26 Å². The molecule has 1 aromatic carbocycles. The Kier molecular flexibility index (Phi) is 9.26. The van der Waals surface area contributed by atoms with Gasteiger partial charge in [0.05, 0.1) is 6.07 Å². The lowest BCUT2D eigenvalue weighted by molar-refractivity contribution is 0.289. The summed E-state index contributed by atoms with van der Waals surface area (Å²) in [5, 5.41) is 17.7. The number of likely N-dealkylation sites (tertiary alicyclic amines) is 1. The number of nitrogens with one attached hydrogen (secondary N) is 1. The fourth-order valence-corrected chi connectivity index (χ4v) is 5.16. The van der Waals surface area contributed by atoms with Crippen LogP contribution in [-0.2, 0) is 0 Å². The van der Waals surface area contributed by atoms with Crippen molar-refractivity contribution in [1.82, 2.24) is 4.90 Å². The van der Waals surface area contributed by atoms with Crippen LogP contribution in [0.5, 0.6) is 0 Å². The molecule has 182 valence electrons. The zero-order valence-corrected chi connectivity index (χ0v) is 21.4. The van der Waals surface area contributed by atoms with E-state index in [1.54, 1.807) is 0 Å². The van der Waals surface area contributed by atoms with Gasteiger partial charge in [-0.05, 0) is 91.2 Å². The molecular formula is C32H39N3. The molecule has 3 rings (SSSR count). The van der Waals surface area contributed by atoms with Crippen LogP contribution >= 0.6 is 0 Å². The average molecular weight is 466 g/mol. The maximum atomic E-state index is 9.17. The Morgan fingerprint density at radius 3 is 2.29 bits per heavy atom. The summed E-state index contributed by atoms with van der Waals surface area (Å²) >= 11 is 0. The second-order valence-corrected chi connectivity index (χ2v) is 9.66. The molecule has 0 amide bonds. The molecule has 0 atom stereocenters. The highest BCUT2D eigenvalue weighted by Crippen LogP contribution is 2.31. The van der Waals surface area contributed by atoms with Crippen LogP contribution in [0.4, 0.5) is 0 Å². The van der Waals surface area contributed by atoms with E-state index in [4.69, 9.17) is 5.41 Å². The van der Waals surface area contributed by atoms with E-state index in [1.165, 1.54) is 18.4 Å². The van der Waals surface area contributed by atoms with Crippen LogP contribution in [0, 0.1) is 35.5 Å². The van der Waals surface area contributed by atoms with E-state index in [0.29, 0.717) is 11.6 Å². The molecule has 0 unspecified atom stereocenters. The van der Waals surface area contributed by atoms with Gasteiger partial charge in [0.25, 0.3) is 0 Å². The van der Waals surface area contributed by atoms with Crippen LogP contribution in [0.15, 0.2) is 79.5 Å². The van der Waals surface area contributed by atoms with E-state index in [1.807, 2.05) is 25.2 Å². The Balaban J connectivity index is 1.82. The maximum absolute atomic E-state index is 9.17. The molecule has 1 saturated heterocycles. The minimum absolute atomic E-state index is 0.167. The van der Waals surface area contributed by atoms with E-state index >= 15 is 0 Å². The summed E-state index contributed by atoms with van der Waals surface area (Å²) in [6.07, 6.45) is 16.5. The molecule has 2 aliphatic rings. The molecule has 3 heteroatoms. The smallest absolute Gasteiger partial charge is 0.0657 e. The first-order valence-electron chi connectivity index (χ1n) is 12.8. The molecule has 1 N–H and O–H groups in total. The van der Waals surface area contributed by atoms with Gasteiger partial charge in [-0.1, -0.05) is 62.9 Å². The van der Waals surface area contributed by atoms with Crippen molar-refractivity contribution in [3.8, 4) is 6.07 Å². The molecule has 0 spiro atoms. The number of benzene rings is 1. The predicted octanol–water partition coefficient (Wildman–Crippen LogP) is 8.04. The van der Waals surface area contributed by atoms with E-state index in [2.05, 4.69) is 68.0 Å². The minimum Gasteiger partial charge on any atom is -0.371 e. The van der Waals surface area contributed by atoms with Crippen molar-refractivity contribution in [2.24, 2.45) is 11.8 Å². The topological polar surface area (TPSA) is 50.9 Å². The summed E-state index contributed by atoms with van der Waals surface area (Å²) in [5.74, 6) is 0.542. The molecule has 1 saturated carbocycles. The van der Waals surface area contributed by atoms with Gasteiger partial charge in [0, 0.05) is 36.3 Å². The average Bonchev–Trinajstić information content (AvgIpc) is 3.43. The number of hydrogen-bond donors (Lipinski definition) is 1. The van der Waals surface area contributed by atoms with Crippen LogP contribution < -0.4 is 0 Å². The molecule has 3 nitrogen and oxygen atoms in total. The lowest BCUT2D eigenvalue weighted by atomic mass is 9.92. The normalized spacial score (nSPS) is 18.3. The second-order valence-electron chi connectivity index (χ2n) is 9.66. The van der Waals surface area contributed by atoms with Crippen LogP contribution in [0.2, 0.25) is 0 Å². The quantitative estimate of drug-likeness (QED) is 0.296. The zero-order valence-electron chi connectivity index (χ0n) is 21.4. The monoisotopic (exact) mass is 465 g/mol. The van der Waals surface area contributed by atoms with Crippen molar-refractivity contribution >= 4 is 17.0 Å². The van der Waals surface area contributed by atoms with Gasteiger partial charge >= 0.3 is 0 Å². The van der Waals surface area contributed by atoms with E-state index in [0.717, 1.165) is 72.3 Å². The number of piperidine rings is 1. The van der Waals surface area contributed by atoms with Gasteiger partial charge in [-0.3, -0.25) is 0 Å². The van der Waals surface area contributed by atoms with E-state index < -0.39 is 0 Å². The van der Waals surface area contributed by atoms with E-state index in [9.17, 15) is 5.26 Å². The predicted molar refractivity (Wildman–Crippen MR) is 150 cm³/mol. The fourth-order valence-electron chi connectivity index (χ4n) is 5.16. The second kappa shape index (κ2) is 12.4. The van der Waals surface area contributed by atoms with Crippen LogP contribution in [0.1, 0.15) is 62.1 Å². The molecule has 1 aliphatic carbocycles. The van der Waals surface area contributed by atoms with Crippen molar-refractivity contribution in [1.29, 1.82) is 10.7 Å². The standard InChI is InChI=1S/C32H39N3/c1-6-26(27(7-2)21-32(34)29-11-9-10-12-29)20-28(8-3)31-14-13-30(19-23(31)4)24(5)35-17-15-25(22-33)16-18-35/h6-8,13-14,19-21,25,29,34H,2-3,5,9-12,15-18H2,1,4H3/b26-6+,27-21+,28-20+,34-32?. The summed E-state index contributed by atoms with van der Waals surface area (Å²) in [7, 11) is 0. The van der Waals surface area contributed by atoms with Crippen LogP contribution in [0.3, 0.4) is 0 Å². The number of hydrogen-bond acceptors (Lipinski definition) is 3. The molecular weight excluding hydrogens is 426 g/mol. The number of nitrogens with zero attached hydrogens (tertiary/aromatic N) is 2. The molecule has 1 heterocycles. The number of nitriles is 1. The summed E-state index contributed by atoms with van der Waals surface area (Å²) in [6, 6.07) is 8.87. The third kappa shape index (κ3) is 6.40. The summed E-state index contributed by atoms with van der Waals surface area (Å²) in [6.45, 7) is 18.4. The van der Waals surface area contributed by atoms with Gasteiger partial charge in [-0.25, -0.2) is 0 Å². The van der Waals surface area contributed by atoms with Gasteiger partial charge < -0.3 is 10.3 Å². The van der Waals surface area contributed by atoms with Crippen molar-refractivity contribution in [3.05, 3.63) is 96.2 Å². The van der Waals surface area contributed by atoms with E-state index in [-0.39, 0.29) is 5.92 Å². The lowest BCUT2D eigenvalue weighted by Gasteiger charge is -2.32. The zero-order chi connectivity index (χ0) is 25.4. The highest BCUT2D eigenvalue weighted by Gasteiger charge is 2.21. The molecule has 35 heavy (non-hydrogen) atoms. The van der Waals surface area contributed by atoms with Gasteiger partial charge in [0.1, 0.15) is 0 Å². The molecule has 1 aliphatic heterocycles. The van der Waals surface area contributed by atoms with Gasteiger partial charge in [0.15, 0.2) is 0 Å². The molecule has 1 aromatic rings. The van der Waals surface area contributed by atoms with Crippen LogP contribution in [-0.4, -0.2) is 23.7 Å². The molecule has 2 fully saturated rings. The Morgan fingerprint density at radius 2 is 1.74 bits per heavy atom. The largest absolute Gasteiger partial charge is 0.371 e. The highest BCUT2D eigenvalue weighted by molar-refractivity contribution is 5.96. The molecule has 0 radical (unpaired) electrons. The Morgan fingerprint density at radius 1 is 1.06 bits per heavy atom. The Bertz CT molecular complexity index is 1110. The van der Waals surface area contributed by atoms with Gasteiger partial charge in [-0.15, -0.1) is 0 Å². The first kappa shape index (κ1) is 26.2. The van der Waals surface area contributed by atoms with Crippen molar-refractivity contribution in [2.45, 2.75) is 52.4 Å². The van der Waals surface area contributed by atoms with Crippen molar-refractivity contribution in [3.63, 3.8) is 0 Å². The SMILES string of the molecule is C=CC(=C\C(=N)C1CCCC1)/C(=C/C)/C=C(\C=C)c1ccc(C(=C)N2CCC(C#N)CC2)cc1C. The third-order valence-electron chi connectivity index (χ3n) is 7.43. The maximum Gasteiger partial charge on any atom is 0.0657 e. The fraction of sp³-hybridized carbons (Fsp3) is 0.375. The van der Waals surface area contributed by atoms with Crippen LogP contribution in [0.25, 0.3) is 11.3 Å².